The number of carbonyl (C=O) groups excluding carboxylic acids is 1. The maximum Gasteiger partial charge on any atom is 0.320 e. The molecular formula is C9H20N2O2. The molecule has 0 aromatic carbocycles. The van der Waals surface area contributed by atoms with Crippen molar-refractivity contribution in [2.24, 2.45) is 5.73 Å². The summed E-state index contributed by atoms with van der Waals surface area (Å²) >= 11 is 0. The van der Waals surface area contributed by atoms with Gasteiger partial charge in [0.25, 0.3) is 0 Å². The van der Waals surface area contributed by atoms with Crippen molar-refractivity contribution in [1.29, 1.82) is 0 Å². The molecule has 0 aromatic rings. The molecule has 78 valence electrons. The predicted octanol–water partition coefficient (Wildman–Crippen LogP) is 0.219. The van der Waals surface area contributed by atoms with Gasteiger partial charge < -0.3 is 10.5 Å². The molecule has 1 atom stereocenters. The van der Waals surface area contributed by atoms with E-state index in [0.29, 0.717) is 19.7 Å². The monoisotopic (exact) mass is 188 g/mol. The van der Waals surface area contributed by atoms with Crippen molar-refractivity contribution < 1.29 is 9.53 Å². The second kappa shape index (κ2) is 6.86. The highest BCUT2D eigenvalue weighted by atomic mass is 16.5. The fourth-order valence-corrected chi connectivity index (χ4v) is 1.10. The van der Waals surface area contributed by atoms with Gasteiger partial charge in [0, 0.05) is 12.6 Å². The molecule has 1 unspecified atom stereocenters. The quantitative estimate of drug-likeness (QED) is 0.606. The third kappa shape index (κ3) is 4.85. The summed E-state index contributed by atoms with van der Waals surface area (Å²) in [5, 5.41) is 0. The lowest BCUT2D eigenvalue weighted by Gasteiger charge is -2.25. The van der Waals surface area contributed by atoms with E-state index in [1.54, 1.807) is 6.92 Å². The van der Waals surface area contributed by atoms with Gasteiger partial charge in [0.2, 0.25) is 0 Å². The summed E-state index contributed by atoms with van der Waals surface area (Å²) in [6.07, 6.45) is 0. The van der Waals surface area contributed by atoms with Gasteiger partial charge >= 0.3 is 5.97 Å². The van der Waals surface area contributed by atoms with Gasteiger partial charge in [-0.25, -0.2) is 0 Å². The molecule has 0 heterocycles. The number of ether oxygens (including phenoxy) is 1. The molecule has 4 nitrogen and oxygen atoms in total. The molecule has 0 rings (SSSR count). The van der Waals surface area contributed by atoms with Crippen LogP contribution in [0, 0.1) is 0 Å². The minimum Gasteiger partial charge on any atom is -0.465 e. The van der Waals surface area contributed by atoms with Crippen LogP contribution in [0.5, 0.6) is 0 Å². The molecule has 0 aliphatic rings. The van der Waals surface area contributed by atoms with Crippen LogP contribution in [-0.2, 0) is 9.53 Å². The number of rotatable bonds is 6. The standard InChI is InChI=1S/C9H20N2O2/c1-4-11(8(3)6-10)7-9(12)13-5-2/h8H,4-7,10H2,1-3H3. The third-order valence-electron chi connectivity index (χ3n) is 2.01. The third-order valence-corrected chi connectivity index (χ3v) is 2.01. The normalized spacial score (nSPS) is 13.0. The molecule has 0 amide bonds. The molecule has 4 heteroatoms. The highest BCUT2D eigenvalue weighted by Crippen LogP contribution is 1.97. The number of carbonyl (C=O) groups is 1. The lowest BCUT2D eigenvalue weighted by molar-refractivity contribution is -0.144. The van der Waals surface area contributed by atoms with Crippen LogP contribution in [0.1, 0.15) is 20.8 Å². The van der Waals surface area contributed by atoms with Gasteiger partial charge in [-0.05, 0) is 20.4 Å². The van der Waals surface area contributed by atoms with Crippen molar-refractivity contribution in [3.63, 3.8) is 0 Å². The number of hydrogen-bond donors (Lipinski definition) is 1. The van der Waals surface area contributed by atoms with E-state index in [9.17, 15) is 4.79 Å². The molecule has 0 bridgehead atoms. The van der Waals surface area contributed by atoms with E-state index in [2.05, 4.69) is 0 Å². The fraction of sp³-hybridized carbons (Fsp3) is 0.889. The Labute approximate surface area is 80.0 Å². The van der Waals surface area contributed by atoms with E-state index in [1.807, 2.05) is 18.7 Å². The molecule has 0 radical (unpaired) electrons. The molecule has 2 N–H and O–H groups in total. The Bertz CT molecular complexity index is 151. The van der Waals surface area contributed by atoms with Gasteiger partial charge in [-0.1, -0.05) is 6.92 Å². The highest BCUT2D eigenvalue weighted by Gasteiger charge is 2.14. The van der Waals surface area contributed by atoms with Gasteiger partial charge in [0.1, 0.15) is 0 Å². The van der Waals surface area contributed by atoms with E-state index in [1.165, 1.54) is 0 Å². The summed E-state index contributed by atoms with van der Waals surface area (Å²) in [7, 11) is 0. The molecule has 0 saturated heterocycles. The summed E-state index contributed by atoms with van der Waals surface area (Å²) < 4.78 is 4.85. The molecular weight excluding hydrogens is 168 g/mol. The molecule has 0 aromatic heterocycles. The zero-order chi connectivity index (χ0) is 10.3. The van der Waals surface area contributed by atoms with Gasteiger partial charge in [-0.2, -0.15) is 0 Å². The second-order valence-corrected chi connectivity index (χ2v) is 2.95. The Morgan fingerprint density at radius 3 is 2.54 bits per heavy atom. The minimum atomic E-state index is -0.176. The maximum absolute atomic E-state index is 11.1. The van der Waals surface area contributed by atoms with Crippen LogP contribution in [0.25, 0.3) is 0 Å². The first-order valence-corrected chi connectivity index (χ1v) is 4.75. The second-order valence-electron chi connectivity index (χ2n) is 2.95. The lowest BCUT2D eigenvalue weighted by atomic mass is 10.3. The fourth-order valence-electron chi connectivity index (χ4n) is 1.10. The van der Waals surface area contributed by atoms with Gasteiger partial charge in [-0.15, -0.1) is 0 Å². The van der Waals surface area contributed by atoms with E-state index in [4.69, 9.17) is 10.5 Å². The van der Waals surface area contributed by atoms with Crippen LogP contribution < -0.4 is 5.73 Å². The molecule has 13 heavy (non-hydrogen) atoms. The Hall–Kier alpha value is -0.610. The zero-order valence-electron chi connectivity index (χ0n) is 8.75. The average molecular weight is 188 g/mol. The summed E-state index contributed by atoms with van der Waals surface area (Å²) in [6.45, 7) is 7.97. The zero-order valence-corrected chi connectivity index (χ0v) is 8.75. The van der Waals surface area contributed by atoms with E-state index < -0.39 is 0 Å². The predicted molar refractivity (Wildman–Crippen MR) is 52.4 cm³/mol. The SMILES string of the molecule is CCOC(=O)CN(CC)C(C)CN. The van der Waals surface area contributed by atoms with Crippen LogP contribution in [0.3, 0.4) is 0 Å². The van der Waals surface area contributed by atoms with Crippen molar-refractivity contribution in [3.05, 3.63) is 0 Å². The van der Waals surface area contributed by atoms with Crippen molar-refractivity contribution >= 4 is 5.97 Å². The summed E-state index contributed by atoms with van der Waals surface area (Å²) in [6, 6.07) is 0.231. The summed E-state index contributed by atoms with van der Waals surface area (Å²) in [5.41, 5.74) is 5.50. The van der Waals surface area contributed by atoms with Gasteiger partial charge in [0.15, 0.2) is 0 Å². The van der Waals surface area contributed by atoms with Crippen LogP contribution in [0.15, 0.2) is 0 Å². The first-order chi connectivity index (χ1) is 6.15. The maximum atomic E-state index is 11.1. The summed E-state index contributed by atoms with van der Waals surface area (Å²) in [5.74, 6) is -0.176. The Morgan fingerprint density at radius 1 is 1.54 bits per heavy atom. The summed E-state index contributed by atoms with van der Waals surface area (Å²) in [4.78, 5) is 13.1. The average Bonchev–Trinajstić information content (AvgIpc) is 2.13. The van der Waals surface area contributed by atoms with Crippen LogP contribution in [-0.4, -0.2) is 43.2 Å². The van der Waals surface area contributed by atoms with Gasteiger partial charge in [0.05, 0.1) is 13.2 Å². The number of nitrogens with two attached hydrogens (primary N) is 1. The molecule has 0 fully saturated rings. The smallest absolute Gasteiger partial charge is 0.320 e. The molecule has 0 spiro atoms. The van der Waals surface area contributed by atoms with Crippen LogP contribution in [0.4, 0.5) is 0 Å². The van der Waals surface area contributed by atoms with Crippen molar-refractivity contribution in [2.75, 3.05) is 26.2 Å². The number of esters is 1. The molecule has 0 saturated carbocycles. The first kappa shape index (κ1) is 12.4. The first-order valence-electron chi connectivity index (χ1n) is 4.75. The number of hydrogen-bond acceptors (Lipinski definition) is 4. The van der Waals surface area contributed by atoms with Crippen LogP contribution >= 0.6 is 0 Å². The van der Waals surface area contributed by atoms with Crippen LogP contribution in [0.2, 0.25) is 0 Å². The topological polar surface area (TPSA) is 55.6 Å². The number of nitrogens with zero attached hydrogens (tertiary/aromatic N) is 1. The lowest BCUT2D eigenvalue weighted by Crippen LogP contribution is -2.41. The Morgan fingerprint density at radius 2 is 2.15 bits per heavy atom. The van der Waals surface area contributed by atoms with Crippen molar-refractivity contribution in [1.82, 2.24) is 4.90 Å². The highest BCUT2D eigenvalue weighted by molar-refractivity contribution is 5.71. The molecule has 0 aliphatic heterocycles. The largest absolute Gasteiger partial charge is 0.465 e. The molecule has 0 aliphatic carbocycles. The van der Waals surface area contributed by atoms with E-state index >= 15 is 0 Å². The van der Waals surface area contributed by atoms with Gasteiger partial charge in [-0.3, -0.25) is 9.69 Å². The van der Waals surface area contributed by atoms with Crippen molar-refractivity contribution in [3.8, 4) is 0 Å². The number of likely N-dealkylation sites (N-methyl/N-ethyl adjacent to an activating group) is 1. The van der Waals surface area contributed by atoms with Crippen molar-refractivity contribution in [2.45, 2.75) is 26.8 Å². The minimum absolute atomic E-state index is 0.176. The van der Waals surface area contributed by atoms with E-state index in [-0.39, 0.29) is 12.0 Å². The Balaban J connectivity index is 3.89. The van der Waals surface area contributed by atoms with E-state index in [0.717, 1.165) is 6.54 Å². The Kier molecular flexibility index (Phi) is 6.54.